The first-order valence-corrected chi connectivity index (χ1v) is 6.47. The van der Waals surface area contributed by atoms with Crippen LogP contribution in [0.4, 0.5) is 8.78 Å². The number of rotatable bonds is 4. The van der Waals surface area contributed by atoms with Gasteiger partial charge in [0.2, 0.25) is 5.78 Å². The molecule has 0 bridgehead atoms. The minimum atomic E-state index is -0.688. The van der Waals surface area contributed by atoms with Crippen molar-refractivity contribution in [3.63, 3.8) is 0 Å². The molecule has 0 fully saturated rings. The second-order valence-corrected chi connectivity index (χ2v) is 5.57. The van der Waals surface area contributed by atoms with E-state index in [-0.39, 0.29) is 18.1 Å². The molecule has 0 N–H and O–H groups in total. The monoisotopic (exact) mass is 282 g/mol. The van der Waals surface area contributed by atoms with Gasteiger partial charge in [-0.05, 0) is 32.0 Å². The van der Waals surface area contributed by atoms with Crippen molar-refractivity contribution >= 4 is 17.1 Å². The van der Waals surface area contributed by atoms with Crippen molar-refractivity contribution < 1.29 is 18.3 Å². The standard InChI is InChI=1S/C14H12F2O2S/c1-8-5-11(9(2)19-8)13(17)7-18-14-6-10(15)3-4-12(14)16/h3-6H,7H2,1-2H3. The number of Topliss-reactive ketones (excluding diaryl/α,β-unsaturated/α-hetero) is 1. The Hall–Kier alpha value is -1.75. The second kappa shape index (κ2) is 5.48. The third kappa shape index (κ3) is 3.17. The molecule has 0 aliphatic rings. The number of thiophene rings is 1. The van der Waals surface area contributed by atoms with E-state index in [1.54, 1.807) is 6.07 Å². The number of halogens is 2. The highest BCUT2D eigenvalue weighted by Gasteiger charge is 2.14. The molecule has 1 aromatic carbocycles. The van der Waals surface area contributed by atoms with Crippen molar-refractivity contribution in [1.82, 2.24) is 0 Å². The van der Waals surface area contributed by atoms with Gasteiger partial charge >= 0.3 is 0 Å². The number of carbonyl (C=O) groups is 1. The van der Waals surface area contributed by atoms with E-state index in [1.807, 2.05) is 13.8 Å². The largest absolute Gasteiger partial charge is 0.482 e. The summed E-state index contributed by atoms with van der Waals surface area (Å²) >= 11 is 1.51. The third-order valence-electron chi connectivity index (χ3n) is 2.59. The van der Waals surface area contributed by atoms with Gasteiger partial charge in [0.1, 0.15) is 5.82 Å². The quantitative estimate of drug-likeness (QED) is 0.795. The predicted octanol–water partition coefficient (Wildman–Crippen LogP) is 3.90. The molecule has 0 saturated carbocycles. The van der Waals surface area contributed by atoms with E-state index in [0.29, 0.717) is 5.56 Å². The van der Waals surface area contributed by atoms with Gasteiger partial charge in [-0.1, -0.05) is 0 Å². The fraction of sp³-hybridized carbons (Fsp3) is 0.214. The number of hydrogen-bond acceptors (Lipinski definition) is 3. The maximum atomic E-state index is 13.3. The number of hydrogen-bond donors (Lipinski definition) is 0. The molecule has 0 unspecified atom stereocenters. The summed E-state index contributed by atoms with van der Waals surface area (Å²) < 4.78 is 31.3. The van der Waals surface area contributed by atoms with Crippen LogP contribution in [0.3, 0.4) is 0 Å². The van der Waals surface area contributed by atoms with Crippen LogP contribution in [0.5, 0.6) is 5.75 Å². The first-order valence-electron chi connectivity index (χ1n) is 5.65. The summed E-state index contributed by atoms with van der Waals surface area (Å²) in [5.41, 5.74) is 0.569. The average Bonchev–Trinajstić information content (AvgIpc) is 2.69. The first-order chi connectivity index (χ1) is 8.97. The Morgan fingerprint density at radius 1 is 1.26 bits per heavy atom. The molecule has 0 aliphatic carbocycles. The van der Waals surface area contributed by atoms with E-state index in [9.17, 15) is 13.6 Å². The summed E-state index contributed by atoms with van der Waals surface area (Å²) in [7, 11) is 0. The van der Waals surface area contributed by atoms with Crippen LogP contribution >= 0.6 is 11.3 Å². The highest BCUT2D eigenvalue weighted by atomic mass is 32.1. The Morgan fingerprint density at radius 2 is 2.00 bits per heavy atom. The summed E-state index contributed by atoms with van der Waals surface area (Å²) in [5, 5.41) is 0. The minimum absolute atomic E-state index is 0.245. The molecule has 1 heterocycles. The van der Waals surface area contributed by atoms with Crippen molar-refractivity contribution in [2.24, 2.45) is 0 Å². The van der Waals surface area contributed by atoms with Crippen LogP contribution < -0.4 is 4.74 Å². The lowest BCUT2D eigenvalue weighted by Crippen LogP contribution is -2.12. The fourth-order valence-corrected chi connectivity index (χ4v) is 2.66. The van der Waals surface area contributed by atoms with E-state index >= 15 is 0 Å². The number of ketones is 1. The number of ether oxygens (including phenoxy) is 1. The Kier molecular flexibility index (Phi) is 3.95. The zero-order chi connectivity index (χ0) is 14.0. The van der Waals surface area contributed by atoms with Crippen LogP contribution in [0.2, 0.25) is 0 Å². The number of carbonyl (C=O) groups excluding carboxylic acids is 1. The molecule has 0 saturated heterocycles. The summed E-state index contributed by atoms with van der Waals surface area (Å²) in [6.45, 7) is 3.44. The Morgan fingerprint density at radius 3 is 2.63 bits per heavy atom. The van der Waals surface area contributed by atoms with Gasteiger partial charge in [-0.15, -0.1) is 11.3 Å². The highest BCUT2D eigenvalue weighted by Crippen LogP contribution is 2.22. The summed E-state index contributed by atoms with van der Waals surface area (Å²) in [6, 6.07) is 4.66. The van der Waals surface area contributed by atoms with Crippen LogP contribution in [0, 0.1) is 25.5 Å². The van der Waals surface area contributed by atoms with Crippen molar-refractivity contribution in [3.8, 4) is 5.75 Å². The van der Waals surface area contributed by atoms with E-state index in [2.05, 4.69) is 0 Å². The van der Waals surface area contributed by atoms with Gasteiger partial charge in [0, 0.05) is 21.4 Å². The molecule has 0 radical (unpaired) electrons. The van der Waals surface area contributed by atoms with E-state index in [0.717, 1.165) is 28.0 Å². The SMILES string of the molecule is Cc1cc(C(=O)COc2cc(F)ccc2F)c(C)s1. The summed E-state index contributed by atoms with van der Waals surface area (Å²) in [5.74, 6) is -1.79. The van der Waals surface area contributed by atoms with Gasteiger partial charge in [0.05, 0.1) is 0 Å². The maximum Gasteiger partial charge on any atom is 0.201 e. The second-order valence-electron chi connectivity index (χ2n) is 4.11. The fourth-order valence-electron chi connectivity index (χ4n) is 1.72. The van der Waals surface area contributed by atoms with Gasteiger partial charge in [0.25, 0.3) is 0 Å². The van der Waals surface area contributed by atoms with Crippen molar-refractivity contribution in [2.75, 3.05) is 6.61 Å². The molecular weight excluding hydrogens is 270 g/mol. The van der Waals surface area contributed by atoms with Crippen molar-refractivity contribution in [1.29, 1.82) is 0 Å². The Balaban J connectivity index is 2.08. The van der Waals surface area contributed by atoms with Gasteiger partial charge in [-0.2, -0.15) is 0 Å². The molecule has 2 aromatic rings. The lowest BCUT2D eigenvalue weighted by Gasteiger charge is -2.06. The number of benzene rings is 1. The van der Waals surface area contributed by atoms with Crippen LogP contribution in [0.25, 0.3) is 0 Å². The van der Waals surface area contributed by atoms with Crippen LogP contribution in [0.1, 0.15) is 20.1 Å². The van der Waals surface area contributed by atoms with Crippen LogP contribution in [-0.2, 0) is 0 Å². The lowest BCUT2D eigenvalue weighted by atomic mass is 10.2. The Labute approximate surface area is 113 Å². The molecule has 0 amide bonds. The Bertz CT molecular complexity index is 620. The van der Waals surface area contributed by atoms with Gasteiger partial charge < -0.3 is 4.74 Å². The zero-order valence-corrected chi connectivity index (χ0v) is 11.3. The molecule has 0 aliphatic heterocycles. The van der Waals surface area contributed by atoms with E-state index in [1.165, 1.54) is 11.3 Å². The highest BCUT2D eigenvalue weighted by molar-refractivity contribution is 7.12. The van der Waals surface area contributed by atoms with Gasteiger partial charge in [-0.25, -0.2) is 8.78 Å². The van der Waals surface area contributed by atoms with Crippen molar-refractivity contribution in [3.05, 3.63) is 51.2 Å². The molecule has 1 aromatic heterocycles. The summed E-state index contributed by atoms with van der Waals surface area (Å²) in [4.78, 5) is 13.8. The van der Waals surface area contributed by atoms with Gasteiger partial charge in [0.15, 0.2) is 18.2 Å². The molecule has 0 atom stereocenters. The molecule has 5 heteroatoms. The smallest absolute Gasteiger partial charge is 0.201 e. The van der Waals surface area contributed by atoms with Crippen LogP contribution in [0.15, 0.2) is 24.3 Å². The molecule has 2 rings (SSSR count). The number of aryl methyl sites for hydroxylation is 2. The van der Waals surface area contributed by atoms with Gasteiger partial charge in [-0.3, -0.25) is 4.79 Å². The van der Waals surface area contributed by atoms with Crippen molar-refractivity contribution in [2.45, 2.75) is 13.8 Å². The lowest BCUT2D eigenvalue weighted by molar-refractivity contribution is 0.0918. The minimum Gasteiger partial charge on any atom is -0.482 e. The molecule has 2 nitrogen and oxygen atoms in total. The first kappa shape index (κ1) is 13.7. The van der Waals surface area contributed by atoms with E-state index in [4.69, 9.17) is 4.74 Å². The van der Waals surface area contributed by atoms with E-state index < -0.39 is 11.6 Å². The molecule has 19 heavy (non-hydrogen) atoms. The topological polar surface area (TPSA) is 26.3 Å². The average molecular weight is 282 g/mol. The molecular formula is C14H12F2O2S. The predicted molar refractivity (Wildman–Crippen MR) is 70.0 cm³/mol. The maximum absolute atomic E-state index is 13.3. The normalized spacial score (nSPS) is 10.5. The molecule has 0 spiro atoms. The zero-order valence-electron chi connectivity index (χ0n) is 10.5. The molecule has 100 valence electrons. The third-order valence-corrected chi connectivity index (χ3v) is 3.56. The van der Waals surface area contributed by atoms with Crippen LogP contribution in [-0.4, -0.2) is 12.4 Å². The summed E-state index contributed by atoms with van der Waals surface area (Å²) in [6.07, 6.45) is 0.